The smallest absolute Gasteiger partial charge is 0.0474 e. The summed E-state index contributed by atoms with van der Waals surface area (Å²) >= 11 is 1.80. The monoisotopic (exact) mass is 228 g/mol. The molecule has 0 saturated heterocycles. The third-order valence-electron chi connectivity index (χ3n) is 2.06. The van der Waals surface area contributed by atoms with Crippen LogP contribution in [0.2, 0.25) is 0 Å². The van der Waals surface area contributed by atoms with E-state index < -0.39 is 0 Å². The fourth-order valence-corrected chi connectivity index (χ4v) is 1.94. The van der Waals surface area contributed by atoms with Gasteiger partial charge in [0.15, 0.2) is 0 Å². The van der Waals surface area contributed by atoms with E-state index >= 15 is 0 Å². The zero-order chi connectivity index (χ0) is 10.8. The first-order chi connectivity index (χ1) is 7.43. The number of methoxy groups -OCH3 is 1. The van der Waals surface area contributed by atoms with E-state index in [1.165, 1.54) is 4.88 Å². The van der Waals surface area contributed by atoms with Gasteiger partial charge < -0.3 is 15.4 Å². The Labute approximate surface area is 95.8 Å². The fourth-order valence-electron chi connectivity index (χ4n) is 1.27. The van der Waals surface area contributed by atoms with Crippen molar-refractivity contribution in [3.8, 4) is 0 Å². The van der Waals surface area contributed by atoms with Crippen LogP contribution in [0.4, 0.5) is 0 Å². The Kier molecular flexibility index (Phi) is 7.47. The second kappa shape index (κ2) is 8.85. The van der Waals surface area contributed by atoms with E-state index in [1.807, 2.05) is 0 Å². The van der Waals surface area contributed by atoms with Gasteiger partial charge in [0.25, 0.3) is 0 Å². The van der Waals surface area contributed by atoms with Gasteiger partial charge in [-0.05, 0) is 24.4 Å². The van der Waals surface area contributed by atoms with Gasteiger partial charge in [-0.2, -0.15) is 0 Å². The van der Waals surface area contributed by atoms with E-state index in [4.69, 9.17) is 4.74 Å². The zero-order valence-electron chi connectivity index (χ0n) is 9.29. The number of rotatable bonds is 9. The third-order valence-corrected chi connectivity index (χ3v) is 2.94. The molecule has 0 fully saturated rings. The first-order valence-corrected chi connectivity index (χ1v) is 6.24. The predicted octanol–water partition coefficient (Wildman–Crippen LogP) is 1.46. The summed E-state index contributed by atoms with van der Waals surface area (Å²) in [5, 5.41) is 8.87. The van der Waals surface area contributed by atoms with Crippen molar-refractivity contribution in [3.05, 3.63) is 22.4 Å². The van der Waals surface area contributed by atoms with Gasteiger partial charge in [0.2, 0.25) is 0 Å². The molecular weight excluding hydrogens is 208 g/mol. The van der Waals surface area contributed by atoms with Crippen LogP contribution in [0.15, 0.2) is 17.5 Å². The molecule has 86 valence electrons. The first-order valence-electron chi connectivity index (χ1n) is 5.36. The highest BCUT2D eigenvalue weighted by Crippen LogP contribution is 2.06. The minimum atomic E-state index is 0.843. The summed E-state index contributed by atoms with van der Waals surface area (Å²) in [6, 6.07) is 4.24. The Bertz CT molecular complexity index is 227. The second-order valence-electron chi connectivity index (χ2n) is 3.35. The van der Waals surface area contributed by atoms with Crippen molar-refractivity contribution in [1.82, 2.24) is 10.6 Å². The average molecular weight is 228 g/mol. The molecule has 0 amide bonds. The Morgan fingerprint density at radius 1 is 1.27 bits per heavy atom. The standard InChI is InChI=1S/C11H20N2OS/c1-14-8-3-5-12-6-7-13-10-11-4-2-9-15-11/h2,4,9,12-13H,3,5-8,10H2,1H3. The minimum Gasteiger partial charge on any atom is -0.385 e. The summed E-state index contributed by atoms with van der Waals surface area (Å²) in [4.78, 5) is 1.40. The number of hydrogen-bond acceptors (Lipinski definition) is 4. The van der Waals surface area contributed by atoms with Gasteiger partial charge >= 0.3 is 0 Å². The van der Waals surface area contributed by atoms with Crippen molar-refractivity contribution < 1.29 is 4.74 Å². The Balaban J connectivity index is 1.81. The highest BCUT2D eigenvalue weighted by Gasteiger charge is 1.92. The summed E-state index contributed by atoms with van der Waals surface area (Å²) in [6.07, 6.45) is 1.08. The lowest BCUT2D eigenvalue weighted by molar-refractivity contribution is 0.194. The van der Waals surface area contributed by atoms with Crippen LogP contribution in [-0.2, 0) is 11.3 Å². The Hall–Kier alpha value is -0.420. The molecule has 1 aromatic heterocycles. The van der Waals surface area contributed by atoms with Gasteiger partial charge in [0.05, 0.1) is 0 Å². The molecule has 0 spiro atoms. The highest BCUT2D eigenvalue weighted by molar-refractivity contribution is 7.09. The molecule has 2 N–H and O–H groups in total. The zero-order valence-corrected chi connectivity index (χ0v) is 10.1. The van der Waals surface area contributed by atoms with Gasteiger partial charge in [-0.25, -0.2) is 0 Å². The molecule has 0 unspecified atom stereocenters. The molecule has 0 radical (unpaired) electrons. The molecule has 3 nitrogen and oxygen atoms in total. The fraction of sp³-hybridized carbons (Fsp3) is 0.636. The largest absolute Gasteiger partial charge is 0.385 e. The molecule has 0 bridgehead atoms. The van der Waals surface area contributed by atoms with Gasteiger partial charge in [0, 0.05) is 38.2 Å². The molecular formula is C11H20N2OS. The molecule has 0 aliphatic heterocycles. The lowest BCUT2D eigenvalue weighted by Crippen LogP contribution is -2.27. The van der Waals surface area contributed by atoms with Crippen molar-refractivity contribution in [2.24, 2.45) is 0 Å². The van der Waals surface area contributed by atoms with E-state index in [-0.39, 0.29) is 0 Å². The van der Waals surface area contributed by atoms with Crippen molar-refractivity contribution in [2.75, 3.05) is 33.4 Å². The molecule has 0 saturated carbocycles. The van der Waals surface area contributed by atoms with Crippen molar-refractivity contribution in [3.63, 3.8) is 0 Å². The Morgan fingerprint density at radius 3 is 2.87 bits per heavy atom. The Morgan fingerprint density at radius 2 is 2.13 bits per heavy atom. The maximum atomic E-state index is 4.96. The van der Waals surface area contributed by atoms with Crippen LogP contribution in [0.5, 0.6) is 0 Å². The lowest BCUT2D eigenvalue weighted by atomic mass is 10.4. The second-order valence-corrected chi connectivity index (χ2v) is 4.38. The minimum absolute atomic E-state index is 0.843. The molecule has 0 aromatic carbocycles. The maximum absolute atomic E-state index is 4.96. The number of ether oxygens (including phenoxy) is 1. The van der Waals surface area contributed by atoms with Crippen molar-refractivity contribution in [1.29, 1.82) is 0 Å². The average Bonchev–Trinajstić information content (AvgIpc) is 2.75. The van der Waals surface area contributed by atoms with Crippen LogP contribution >= 0.6 is 11.3 Å². The normalized spacial score (nSPS) is 10.7. The molecule has 0 aliphatic rings. The molecule has 1 rings (SSSR count). The lowest BCUT2D eigenvalue weighted by Gasteiger charge is -2.05. The molecule has 15 heavy (non-hydrogen) atoms. The van der Waals surface area contributed by atoms with Gasteiger partial charge in [-0.3, -0.25) is 0 Å². The van der Waals surface area contributed by atoms with Crippen LogP contribution < -0.4 is 10.6 Å². The van der Waals surface area contributed by atoms with E-state index in [0.29, 0.717) is 0 Å². The summed E-state index contributed by atoms with van der Waals surface area (Å²) in [5.41, 5.74) is 0. The number of nitrogens with one attached hydrogen (secondary N) is 2. The topological polar surface area (TPSA) is 33.3 Å². The quantitative estimate of drug-likeness (QED) is 0.628. The van der Waals surface area contributed by atoms with Crippen LogP contribution in [-0.4, -0.2) is 33.4 Å². The SMILES string of the molecule is COCCCNCCNCc1cccs1. The summed E-state index contributed by atoms with van der Waals surface area (Å²) in [7, 11) is 1.74. The summed E-state index contributed by atoms with van der Waals surface area (Å²) in [5.74, 6) is 0. The van der Waals surface area contributed by atoms with E-state index in [2.05, 4.69) is 28.1 Å². The first kappa shape index (κ1) is 12.6. The highest BCUT2D eigenvalue weighted by atomic mass is 32.1. The molecule has 0 aliphatic carbocycles. The molecule has 1 aromatic rings. The van der Waals surface area contributed by atoms with Crippen LogP contribution in [0, 0.1) is 0 Å². The van der Waals surface area contributed by atoms with E-state index in [0.717, 1.165) is 39.2 Å². The third kappa shape index (κ3) is 6.62. The van der Waals surface area contributed by atoms with Crippen LogP contribution in [0.3, 0.4) is 0 Å². The number of hydrogen-bond donors (Lipinski definition) is 2. The predicted molar refractivity (Wildman–Crippen MR) is 65.4 cm³/mol. The van der Waals surface area contributed by atoms with Crippen molar-refractivity contribution in [2.45, 2.75) is 13.0 Å². The summed E-state index contributed by atoms with van der Waals surface area (Å²) in [6.45, 7) is 4.90. The molecule has 4 heteroatoms. The summed E-state index contributed by atoms with van der Waals surface area (Å²) < 4.78 is 4.96. The van der Waals surface area contributed by atoms with Crippen LogP contribution in [0.25, 0.3) is 0 Å². The van der Waals surface area contributed by atoms with E-state index in [1.54, 1.807) is 18.4 Å². The van der Waals surface area contributed by atoms with Gasteiger partial charge in [-0.15, -0.1) is 11.3 Å². The van der Waals surface area contributed by atoms with Crippen LogP contribution in [0.1, 0.15) is 11.3 Å². The molecule has 1 heterocycles. The maximum Gasteiger partial charge on any atom is 0.0474 e. The van der Waals surface area contributed by atoms with E-state index in [9.17, 15) is 0 Å². The van der Waals surface area contributed by atoms with Gasteiger partial charge in [-0.1, -0.05) is 6.07 Å². The van der Waals surface area contributed by atoms with Gasteiger partial charge in [0.1, 0.15) is 0 Å². The van der Waals surface area contributed by atoms with Crippen molar-refractivity contribution >= 4 is 11.3 Å². The molecule has 0 atom stereocenters. The number of thiophene rings is 1.